The van der Waals surface area contributed by atoms with Crippen molar-refractivity contribution in [3.63, 3.8) is 0 Å². The molecule has 6 nitrogen and oxygen atoms in total. The summed E-state index contributed by atoms with van der Waals surface area (Å²) < 4.78 is 10.9. The van der Waals surface area contributed by atoms with Gasteiger partial charge in [0.1, 0.15) is 18.8 Å². The molecule has 2 N–H and O–H groups in total. The molecule has 4 aliphatic carbocycles. The summed E-state index contributed by atoms with van der Waals surface area (Å²) >= 11 is 0. The van der Waals surface area contributed by atoms with Crippen molar-refractivity contribution in [2.75, 3.05) is 13.2 Å². The molecule has 1 spiro atoms. The smallest absolute Gasteiger partial charge is 0.333 e. The van der Waals surface area contributed by atoms with E-state index in [0.717, 1.165) is 19.3 Å². The van der Waals surface area contributed by atoms with Crippen LogP contribution < -0.4 is 0 Å². The lowest BCUT2D eigenvalue weighted by molar-refractivity contribution is -0.267. The van der Waals surface area contributed by atoms with Crippen LogP contribution >= 0.6 is 0 Å². The topological polar surface area (TPSA) is 93.1 Å². The molecule has 4 fully saturated rings. The second-order valence-electron chi connectivity index (χ2n) is 8.21. The molecule has 7 unspecified atom stereocenters. The summed E-state index contributed by atoms with van der Waals surface area (Å²) in [5.74, 6) is 0.529. The Kier molecular flexibility index (Phi) is 3.39. The van der Waals surface area contributed by atoms with Crippen molar-refractivity contribution in [1.29, 1.82) is 0 Å². The van der Waals surface area contributed by atoms with Crippen LogP contribution in [0.1, 0.15) is 32.6 Å². The van der Waals surface area contributed by atoms with Crippen molar-refractivity contribution in [2.24, 2.45) is 28.6 Å². The predicted molar refractivity (Wildman–Crippen MR) is 82.5 cm³/mol. The summed E-state index contributed by atoms with van der Waals surface area (Å²) in [5, 5.41) is 18.2. The van der Waals surface area contributed by atoms with Gasteiger partial charge >= 0.3 is 11.9 Å². The Morgan fingerprint density at radius 1 is 1.33 bits per heavy atom. The summed E-state index contributed by atoms with van der Waals surface area (Å²) in [4.78, 5) is 24.5. The van der Waals surface area contributed by atoms with Gasteiger partial charge in [-0.15, -0.1) is 0 Å². The van der Waals surface area contributed by atoms with E-state index in [9.17, 15) is 14.7 Å². The number of hydrogen-bond acceptors (Lipinski definition) is 6. The Bertz CT molecular complexity index is 615. The third-order valence-electron chi connectivity index (χ3n) is 7.01. The lowest BCUT2D eigenvalue weighted by Gasteiger charge is -2.69. The molecule has 0 aromatic heterocycles. The Labute approximate surface area is 140 Å². The van der Waals surface area contributed by atoms with Crippen LogP contribution in [-0.4, -0.2) is 47.6 Å². The van der Waals surface area contributed by atoms with Gasteiger partial charge < -0.3 is 19.7 Å². The molecule has 0 aromatic rings. The molecule has 4 aliphatic rings. The second-order valence-corrected chi connectivity index (χ2v) is 8.21. The zero-order valence-corrected chi connectivity index (χ0v) is 13.9. The van der Waals surface area contributed by atoms with Crippen molar-refractivity contribution in [1.82, 2.24) is 0 Å². The summed E-state index contributed by atoms with van der Waals surface area (Å²) in [7, 11) is 0. The third-order valence-corrected chi connectivity index (χ3v) is 7.01. The molecule has 0 saturated heterocycles. The van der Waals surface area contributed by atoms with Crippen LogP contribution in [-0.2, 0) is 19.1 Å². The standard InChI is InChI=1S/C18H24O6/c1-9(2)15(21)24-14-12-3-10-4-17(5-13(14)18(10,12)8-17)16(22)23-7-11(20)6-19/h10-14,19-20H,1,3-8H2,2H3. The van der Waals surface area contributed by atoms with Gasteiger partial charge in [-0.25, -0.2) is 4.79 Å². The Hall–Kier alpha value is -1.40. The van der Waals surface area contributed by atoms with Crippen molar-refractivity contribution in [3.05, 3.63) is 12.2 Å². The molecule has 132 valence electrons. The fraction of sp³-hybridized carbons (Fsp3) is 0.778. The molecule has 6 heteroatoms. The number of aliphatic hydroxyl groups excluding tert-OH is 2. The lowest BCUT2D eigenvalue weighted by Crippen LogP contribution is -2.69. The predicted octanol–water partition coefficient (Wildman–Crippen LogP) is 0.807. The zero-order chi connectivity index (χ0) is 17.3. The molecule has 7 atom stereocenters. The fourth-order valence-corrected chi connectivity index (χ4v) is 6.07. The molecule has 24 heavy (non-hydrogen) atoms. The van der Waals surface area contributed by atoms with Gasteiger partial charge in [-0.3, -0.25) is 4.79 Å². The number of aliphatic hydroxyl groups is 2. The van der Waals surface area contributed by atoms with E-state index in [1.54, 1.807) is 6.92 Å². The van der Waals surface area contributed by atoms with Gasteiger partial charge in [0, 0.05) is 17.4 Å². The molecular weight excluding hydrogens is 312 g/mol. The van der Waals surface area contributed by atoms with Crippen molar-refractivity contribution in [2.45, 2.75) is 44.8 Å². The molecule has 2 bridgehead atoms. The van der Waals surface area contributed by atoms with Crippen LogP contribution in [0.4, 0.5) is 0 Å². The number of carbonyl (C=O) groups excluding carboxylic acids is 2. The fourth-order valence-electron chi connectivity index (χ4n) is 6.07. The van der Waals surface area contributed by atoms with Gasteiger partial charge in [0.15, 0.2) is 0 Å². The van der Waals surface area contributed by atoms with Gasteiger partial charge in [-0.05, 0) is 43.9 Å². The number of esters is 2. The van der Waals surface area contributed by atoms with Crippen molar-refractivity contribution in [3.8, 4) is 0 Å². The molecule has 0 aliphatic heterocycles. The molecular formula is C18H24O6. The van der Waals surface area contributed by atoms with Gasteiger partial charge in [-0.1, -0.05) is 6.58 Å². The highest BCUT2D eigenvalue weighted by atomic mass is 16.6. The van der Waals surface area contributed by atoms with E-state index in [2.05, 4.69) is 6.58 Å². The van der Waals surface area contributed by atoms with E-state index in [1.165, 1.54) is 0 Å². The number of carbonyl (C=O) groups is 2. The first-order chi connectivity index (χ1) is 11.3. The number of rotatable bonds is 6. The summed E-state index contributed by atoms with van der Waals surface area (Å²) in [6, 6.07) is 0. The van der Waals surface area contributed by atoms with E-state index < -0.39 is 18.1 Å². The van der Waals surface area contributed by atoms with Crippen LogP contribution in [0.5, 0.6) is 0 Å². The highest BCUT2D eigenvalue weighted by Crippen LogP contribution is 2.85. The number of ether oxygens (including phenoxy) is 2. The van der Waals surface area contributed by atoms with Crippen molar-refractivity contribution >= 4 is 11.9 Å². The van der Waals surface area contributed by atoms with Gasteiger partial charge in [0.25, 0.3) is 0 Å². The second kappa shape index (κ2) is 5.05. The van der Waals surface area contributed by atoms with Crippen LogP contribution in [0.2, 0.25) is 0 Å². The minimum Gasteiger partial charge on any atom is -0.462 e. The Morgan fingerprint density at radius 3 is 2.75 bits per heavy atom. The molecule has 4 rings (SSSR count). The van der Waals surface area contributed by atoms with Crippen LogP contribution in [0.3, 0.4) is 0 Å². The third kappa shape index (κ3) is 1.84. The first-order valence-corrected chi connectivity index (χ1v) is 8.67. The van der Waals surface area contributed by atoms with Gasteiger partial charge in [0.05, 0.1) is 12.0 Å². The maximum absolute atomic E-state index is 12.6. The normalized spacial score (nSPS) is 44.8. The van der Waals surface area contributed by atoms with E-state index in [4.69, 9.17) is 14.6 Å². The van der Waals surface area contributed by atoms with E-state index in [-0.39, 0.29) is 36.0 Å². The SMILES string of the molecule is C=C(C)C(=O)OC1C2CC3CC4(C(=O)OCC(O)CO)CC1C32C4. The van der Waals surface area contributed by atoms with E-state index in [0.29, 0.717) is 23.8 Å². The quantitative estimate of drug-likeness (QED) is 0.551. The monoisotopic (exact) mass is 336 g/mol. The Morgan fingerprint density at radius 2 is 2.08 bits per heavy atom. The van der Waals surface area contributed by atoms with Crippen molar-refractivity contribution < 1.29 is 29.3 Å². The van der Waals surface area contributed by atoms with Crippen LogP contribution in [0, 0.1) is 28.6 Å². The molecule has 0 heterocycles. The lowest BCUT2D eigenvalue weighted by atomic mass is 9.37. The summed E-state index contributed by atoms with van der Waals surface area (Å²) in [5.41, 5.74) is 0.0697. The summed E-state index contributed by atoms with van der Waals surface area (Å²) in [6.07, 6.45) is 2.24. The average molecular weight is 336 g/mol. The van der Waals surface area contributed by atoms with E-state index >= 15 is 0 Å². The first kappa shape index (κ1) is 16.1. The van der Waals surface area contributed by atoms with Gasteiger partial charge in [-0.2, -0.15) is 0 Å². The van der Waals surface area contributed by atoms with Crippen LogP contribution in [0.25, 0.3) is 0 Å². The maximum atomic E-state index is 12.6. The molecule has 0 radical (unpaired) electrons. The molecule has 0 aromatic carbocycles. The largest absolute Gasteiger partial charge is 0.462 e. The molecule has 0 amide bonds. The maximum Gasteiger partial charge on any atom is 0.333 e. The zero-order valence-electron chi connectivity index (χ0n) is 13.9. The number of fused-ring (bicyclic) bond motifs is 1. The highest BCUT2D eigenvalue weighted by Gasteiger charge is 2.84. The number of hydrogen-bond donors (Lipinski definition) is 2. The van der Waals surface area contributed by atoms with E-state index in [1.807, 2.05) is 0 Å². The minimum absolute atomic E-state index is 0.0940. The highest BCUT2D eigenvalue weighted by molar-refractivity contribution is 5.87. The average Bonchev–Trinajstić information content (AvgIpc) is 3.03. The summed E-state index contributed by atoms with van der Waals surface area (Å²) in [6.45, 7) is 4.69. The minimum atomic E-state index is -1.03. The first-order valence-electron chi connectivity index (χ1n) is 8.67. The van der Waals surface area contributed by atoms with Gasteiger partial charge in [0.2, 0.25) is 0 Å². The Balaban J connectivity index is 1.46. The van der Waals surface area contributed by atoms with Crippen LogP contribution in [0.15, 0.2) is 12.2 Å². The molecule has 4 saturated carbocycles.